The molecule has 0 aromatic heterocycles. The molecule has 0 atom stereocenters. The van der Waals surface area contributed by atoms with Gasteiger partial charge in [-0.2, -0.15) is 8.42 Å². The maximum absolute atomic E-state index is 12.6. The van der Waals surface area contributed by atoms with E-state index in [0.717, 1.165) is 16.7 Å². The Balaban J connectivity index is 2.51. The van der Waals surface area contributed by atoms with Crippen molar-refractivity contribution in [1.82, 2.24) is 0 Å². The van der Waals surface area contributed by atoms with Gasteiger partial charge >= 0.3 is 10.1 Å². The fraction of sp³-hybridized carbons (Fsp3) is 0.250. The van der Waals surface area contributed by atoms with Crippen molar-refractivity contribution in [3.8, 4) is 11.5 Å². The molecule has 0 saturated heterocycles. The van der Waals surface area contributed by atoms with Gasteiger partial charge in [-0.05, 0) is 38.0 Å². The summed E-state index contributed by atoms with van der Waals surface area (Å²) in [5.74, 6) is 0.580. The Morgan fingerprint density at radius 1 is 0.913 bits per heavy atom. The lowest BCUT2D eigenvalue weighted by Gasteiger charge is -2.14. The SMILES string of the molecule is COc1cc(Cl)c(S(=O)(=O)Oc2c(C)cc(C)cc2C)cc1Cl. The van der Waals surface area contributed by atoms with Crippen molar-refractivity contribution in [2.24, 2.45) is 0 Å². The van der Waals surface area contributed by atoms with Crippen LogP contribution in [-0.2, 0) is 10.1 Å². The molecule has 0 aliphatic rings. The van der Waals surface area contributed by atoms with Crippen molar-refractivity contribution in [2.75, 3.05) is 7.11 Å². The van der Waals surface area contributed by atoms with Crippen LogP contribution in [0.2, 0.25) is 10.0 Å². The number of halogens is 2. The Hall–Kier alpha value is -1.43. The summed E-state index contributed by atoms with van der Waals surface area (Å²) >= 11 is 12.0. The largest absolute Gasteiger partial charge is 0.495 e. The molecule has 23 heavy (non-hydrogen) atoms. The zero-order valence-corrected chi connectivity index (χ0v) is 15.4. The summed E-state index contributed by atoms with van der Waals surface area (Å²) in [4.78, 5) is -0.204. The summed E-state index contributed by atoms with van der Waals surface area (Å²) in [5.41, 5.74) is 2.47. The predicted molar refractivity (Wildman–Crippen MR) is 91.5 cm³/mol. The van der Waals surface area contributed by atoms with E-state index in [1.165, 1.54) is 19.2 Å². The molecule has 0 aliphatic carbocycles. The minimum absolute atomic E-state index is 0.0198. The lowest BCUT2D eigenvalue weighted by Crippen LogP contribution is -2.12. The summed E-state index contributed by atoms with van der Waals surface area (Å²) < 4.78 is 35.4. The van der Waals surface area contributed by atoms with Crippen molar-refractivity contribution in [3.63, 3.8) is 0 Å². The van der Waals surface area contributed by atoms with Crippen LogP contribution in [0.25, 0.3) is 0 Å². The van der Waals surface area contributed by atoms with Crippen molar-refractivity contribution in [1.29, 1.82) is 0 Å². The average molecular weight is 375 g/mol. The van der Waals surface area contributed by atoms with Crippen LogP contribution in [0.15, 0.2) is 29.2 Å². The topological polar surface area (TPSA) is 52.6 Å². The van der Waals surface area contributed by atoms with E-state index in [4.69, 9.17) is 32.1 Å². The van der Waals surface area contributed by atoms with Crippen LogP contribution in [-0.4, -0.2) is 15.5 Å². The van der Waals surface area contributed by atoms with Crippen LogP contribution < -0.4 is 8.92 Å². The van der Waals surface area contributed by atoms with Gasteiger partial charge in [0.25, 0.3) is 0 Å². The summed E-state index contributed by atoms with van der Waals surface area (Å²) in [7, 11) is -2.70. The highest BCUT2D eigenvalue weighted by Crippen LogP contribution is 2.35. The van der Waals surface area contributed by atoms with Crippen molar-refractivity contribution in [3.05, 3.63) is 51.0 Å². The quantitative estimate of drug-likeness (QED) is 0.728. The first-order valence-electron chi connectivity index (χ1n) is 6.71. The van der Waals surface area contributed by atoms with E-state index in [2.05, 4.69) is 0 Å². The third-order valence-electron chi connectivity index (χ3n) is 3.27. The number of methoxy groups -OCH3 is 1. The Labute approximate surface area is 146 Å². The first-order chi connectivity index (χ1) is 10.7. The molecular weight excluding hydrogens is 359 g/mol. The zero-order chi connectivity index (χ0) is 17.4. The molecule has 2 aromatic rings. The molecule has 0 amide bonds. The molecule has 7 heteroatoms. The van der Waals surface area contributed by atoms with Gasteiger partial charge in [0, 0.05) is 6.07 Å². The van der Waals surface area contributed by atoms with Crippen molar-refractivity contribution in [2.45, 2.75) is 25.7 Å². The lowest BCUT2D eigenvalue weighted by molar-refractivity contribution is 0.414. The highest BCUT2D eigenvalue weighted by molar-refractivity contribution is 7.87. The third-order valence-corrected chi connectivity index (χ3v) is 5.26. The molecular formula is C16H16Cl2O4S. The van der Waals surface area contributed by atoms with Gasteiger partial charge in [0.2, 0.25) is 0 Å². The summed E-state index contributed by atoms with van der Waals surface area (Å²) in [6.45, 7) is 5.50. The number of aryl methyl sites for hydroxylation is 3. The fourth-order valence-electron chi connectivity index (χ4n) is 2.31. The summed E-state index contributed by atoms with van der Waals surface area (Å²) in [6, 6.07) is 6.26. The normalized spacial score (nSPS) is 11.4. The molecule has 0 aliphatic heterocycles. The van der Waals surface area contributed by atoms with Gasteiger partial charge in [-0.1, -0.05) is 40.9 Å². The van der Waals surface area contributed by atoms with Crippen LogP contribution in [0, 0.1) is 20.8 Å². The van der Waals surface area contributed by atoms with Gasteiger partial charge in [-0.15, -0.1) is 0 Å². The Bertz CT molecular complexity index is 838. The van der Waals surface area contributed by atoms with Gasteiger partial charge in [0.1, 0.15) is 16.4 Å². The Morgan fingerprint density at radius 3 is 2.00 bits per heavy atom. The smallest absolute Gasteiger partial charge is 0.340 e. The molecule has 0 radical (unpaired) electrons. The van der Waals surface area contributed by atoms with E-state index in [9.17, 15) is 8.42 Å². The predicted octanol–water partition coefficient (Wildman–Crippen LogP) is 4.69. The maximum atomic E-state index is 12.6. The van der Waals surface area contributed by atoms with E-state index in [-0.39, 0.29) is 14.9 Å². The highest BCUT2D eigenvalue weighted by atomic mass is 35.5. The minimum Gasteiger partial charge on any atom is -0.495 e. The Kier molecular flexibility index (Phi) is 5.14. The van der Waals surface area contributed by atoms with Crippen LogP contribution >= 0.6 is 23.2 Å². The van der Waals surface area contributed by atoms with Crippen molar-refractivity contribution >= 4 is 33.3 Å². The molecule has 124 valence electrons. The number of hydrogen-bond acceptors (Lipinski definition) is 4. The van der Waals surface area contributed by atoms with Gasteiger partial charge in [0.05, 0.1) is 17.2 Å². The standard InChI is InChI=1S/C16H16Cl2O4S/c1-9-5-10(2)16(11(3)6-9)22-23(19,20)15-8-12(17)14(21-4)7-13(15)18/h5-8H,1-4H3. The summed E-state index contributed by atoms with van der Waals surface area (Å²) in [5, 5.41) is 0.116. The second-order valence-electron chi connectivity index (χ2n) is 5.18. The third kappa shape index (κ3) is 3.74. The first kappa shape index (κ1) is 17.9. The van der Waals surface area contributed by atoms with E-state index in [0.29, 0.717) is 11.5 Å². The minimum atomic E-state index is -4.12. The van der Waals surface area contributed by atoms with E-state index < -0.39 is 10.1 Å². The molecule has 0 heterocycles. The van der Waals surface area contributed by atoms with E-state index >= 15 is 0 Å². The Morgan fingerprint density at radius 2 is 1.48 bits per heavy atom. The number of benzene rings is 2. The molecule has 0 saturated carbocycles. The molecule has 2 aromatic carbocycles. The van der Waals surface area contributed by atoms with Gasteiger partial charge in [-0.3, -0.25) is 0 Å². The molecule has 2 rings (SSSR count). The maximum Gasteiger partial charge on any atom is 0.340 e. The number of ether oxygens (including phenoxy) is 1. The van der Waals surface area contributed by atoms with Crippen LogP contribution in [0.3, 0.4) is 0 Å². The highest BCUT2D eigenvalue weighted by Gasteiger charge is 2.24. The second kappa shape index (κ2) is 6.59. The van der Waals surface area contributed by atoms with E-state index in [1.807, 2.05) is 19.1 Å². The van der Waals surface area contributed by atoms with Gasteiger partial charge < -0.3 is 8.92 Å². The number of rotatable bonds is 4. The molecule has 0 bridgehead atoms. The average Bonchev–Trinajstić information content (AvgIpc) is 2.44. The number of hydrogen-bond donors (Lipinski definition) is 0. The van der Waals surface area contributed by atoms with Crippen molar-refractivity contribution < 1.29 is 17.3 Å². The van der Waals surface area contributed by atoms with E-state index in [1.54, 1.807) is 13.8 Å². The van der Waals surface area contributed by atoms with Crippen LogP contribution in [0.5, 0.6) is 11.5 Å². The van der Waals surface area contributed by atoms with Crippen LogP contribution in [0.1, 0.15) is 16.7 Å². The fourth-order valence-corrected chi connectivity index (χ4v) is 4.19. The monoisotopic (exact) mass is 374 g/mol. The molecule has 0 unspecified atom stereocenters. The molecule has 0 fully saturated rings. The molecule has 4 nitrogen and oxygen atoms in total. The lowest BCUT2D eigenvalue weighted by atomic mass is 10.1. The zero-order valence-electron chi connectivity index (χ0n) is 13.1. The second-order valence-corrected chi connectivity index (χ2v) is 7.51. The molecule has 0 N–H and O–H groups in total. The summed E-state index contributed by atoms with van der Waals surface area (Å²) in [6.07, 6.45) is 0. The van der Waals surface area contributed by atoms with Gasteiger partial charge in [0.15, 0.2) is 0 Å². The van der Waals surface area contributed by atoms with Crippen LogP contribution in [0.4, 0.5) is 0 Å². The van der Waals surface area contributed by atoms with Gasteiger partial charge in [-0.25, -0.2) is 0 Å². The molecule has 0 spiro atoms. The first-order valence-corrected chi connectivity index (χ1v) is 8.87.